The zero-order valence-corrected chi connectivity index (χ0v) is 14.4. The molecule has 1 aromatic heterocycles. The number of benzene rings is 2. The molecule has 1 saturated heterocycles. The minimum atomic E-state index is 0.0295. The minimum absolute atomic E-state index is 0.0295. The third-order valence-electron chi connectivity index (χ3n) is 4.52. The molecule has 0 saturated carbocycles. The standard InChI is InChI=1S/C20H20N4O2/c25-19(23-12-6-7-13-23)14-26-18-11-5-4-10-17(18)20-22-21-15-24(20)16-8-2-1-3-9-16/h1-5,8-11,15H,6-7,12-14H2. The largest absolute Gasteiger partial charge is 0.483 e. The van der Waals surface area contributed by atoms with Crippen LogP contribution in [0.15, 0.2) is 60.9 Å². The fraction of sp³-hybridized carbons (Fsp3) is 0.250. The molecule has 2 heterocycles. The molecule has 0 bridgehead atoms. The van der Waals surface area contributed by atoms with Gasteiger partial charge in [-0.15, -0.1) is 10.2 Å². The number of likely N-dealkylation sites (tertiary alicyclic amines) is 1. The second-order valence-corrected chi connectivity index (χ2v) is 6.23. The Kier molecular flexibility index (Phi) is 4.64. The maximum atomic E-state index is 12.3. The number of carbonyl (C=O) groups is 1. The van der Waals surface area contributed by atoms with Crippen molar-refractivity contribution in [2.45, 2.75) is 12.8 Å². The molecule has 0 unspecified atom stereocenters. The van der Waals surface area contributed by atoms with Gasteiger partial charge < -0.3 is 9.64 Å². The van der Waals surface area contributed by atoms with Crippen LogP contribution < -0.4 is 4.74 Å². The van der Waals surface area contributed by atoms with Gasteiger partial charge in [0.25, 0.3) is 5.91 Å². The van der Waals surface area contributed by atoms with E-state index < -0.39 is 0 Å². The Bertz CT molecular complexity index is 886. The lowest BCUT2D eigenvalue weighted by Crippen LogP contribution is -2.32. The van der Waals surface area contributed by atoms with Crippen LogP contribution in [-0.4, -0.2) is 45.3 Å². The van der Waals surface area contributed by atoms with E-state index in [0.717, 1.165) is 37.2 Å². The van der Waals surface area contributed by atoms with Crippen LogP contribution in [0.2, 0.25) is 0 Å². The molecule has 1 fully saturated rings. The molecule has 6 heteroatoms. The molecule has 0 atom stereocenters. The molecule has 0 aliphatic carbocycles. The van der Waals surface area contributed by atoms with Crippen molar-refractivity contribution in [3.63, 3.8) is 0 Å². The van der Waals surface area contributed by atoms with Crippen LogP contribution in [0.25, 0.3) is 17.1 Å². The molecule has 1 amide bonds. The van der Waals surface area contributed by atoms with Gasteiger partial charge in [-0.1, -0.05) is 30.3 Å². The first-order chi connectivity index (χ1) is 12.8. The molecule has 2 aromatic carbocycles. The van der Waals surface area contributed by atoms with Gasteiger partial charge in [0.15, 0.2) is 12.4 Å². The summed E-state index contributed by atoms with van der Waals surface area (Å²) in [6.45, 7) is 1.69. The van der Waals surface area contributed by atoms with Crippen LogP contribution in [-0.2, 0) is 4.79 Å². The van der Waals surface area contributed by atoms with Gasteiger partial charge in [-0.2, -0.15) is 0 Å². The van der Waals surface area contributed by atoms with E-state index in [2.05, 4.69) is 10.2 Å². The molecule has 132 valence electrons. The molecule has 3 aromatic rings. The number of carbonyl (C=O) groups excluding carboxylic acids is 1. The van der Waals surface area contributed by atoms with Crippen LogP contribution in [0.4, 0.5) is 0 Å². The Hall–Kier alpha value is -3.15. The highest BCUT2D eigenvalue weighted by Gasteiger charge is 2.19. The van der Waals surface area contributed by atoms with Crippen molar-refractivity contribution >= 4 is 5.91 Å². The SMILES string of the molecule is O=C(COc1ccccc1-c1nncn1-c1ccccc1)N1CCCC1. The van der Waals surface area contributed by atoms with E-state index in [9.17, 15) is 4.79 Å². The number of aromatic nitrogens is 3. The summed E-state index contributed by atoms with van der Waals surface area (Å²) in [6, 6.07) is 17.5. The van der Waals surface area contributed by atoms with Crippen LogP contribution >= 0.6 is 0 Å². The summed E-state index contributed by atoms with van der Waals surface area (Å²) < 4.78 is 7.76. The molecule has 0 N–H and O–H groups in total. The lowest BCUT2D eigenvalue weighted by Gasteiger charge is -2.17. The molecule has 0 radical (unpaired) electrons. The fourth-order valence-electron chi connectivity index (χ4n) is 3.17. The maximum Gasteiger partial charge on any atom is 0.260 e. The summed E-state index contributed by atoms with van der Waals surface area (Å²) in [5.41, 5.74) is 1.78. The predicted octanol–water partition coefficient (Wildman–Crippen LogP) is 2.94. The maximum absolute atomic E-state index is 12.3. The Morgan fingerprint density at radius 3 is 2.54 bits per heavy atom. The van der Waals surface area contributed by atoms with E-state index in [4.69, 9.17) is 4.74 Å². The van der Waals surface area contributed by atoms with E-state index in [1.807, 2.05) is 64.1 Å². The van der Waals surface area contributed by atoms with E-state index in [1.54, 1.807) is 6.33 Å². The quantitative estimate of drug-likeness (QED) is 0.711. The summed E-state index contributed by atoms with van der Waals surface area (Å²) >= 11 is 0. The second kappa shape index (κ2) is 7.39. The molecular weight excluding hydrogens is 328 g/mol. The summed E-state index contributed by atoms with van der Waals surface area (Å²) in [7, 11) is 0. The predicted molar refractivity (Wildman–Crippen MR) is 98.1 cm³/mol. The van der Waals surface area contributed by atoms with Gasteiger partial charge in [0.2, 0.25) is 0 Å². The number of hydrogen-bond donors (Lipinski definition) is 0. The van der Waals surface area contributed by atoms with Gasteiger partial charge >= 0.3 is 0 Å². The molecule has 26 heavy (non-hydrogen) atoms. The summed E-state index contributed by atoms with van der Waals surface area (Å²) in [5, 5.41) is 8.32. The van der Waals surface area contributed by atoms with E-state index in [0.29, 0.717) is 11.6 Å². The second-order valence-electron chi connectivity index (χ2n) is 6.23. The Morgan fingerprint density at radius 1 is 1.00 bits per heavy atom. The number of ether oxygens (including phenoxy) is 1. The molecule has 1 aliphatic rings. The Balaban J connectivity index is 1.59. The Labute approximate surface area is 152 Å². The van der Waals surface area contributed by atoms with Crippen LogP contribution in [0.3, 0.4) is 0 Å². The lowest BCUT2D eigenvalue weighted by atomic mass is 10.2. The van der Waals surface area contributed by atoms with Crippen molar-refractivity contribution in [2.24, 2.45) is 0 Å². The first-order valence-corrected chi connectivity index (χ1v) is 8.78. The van der Waals surface area contributed by atoms with Gasteiger partial charge in [-0.25, -0.2) is 0 Å². The normalized spacial score (nSPS) is 13.8. The average Bonchev–Trinajstić information content (AvgIpc) is 3.39. The number of rotatable bonds is 5. The number of para-hydroxylation sites is 2. The van der Waals surface area contributed by atoms with E-state index >= 15 is 0 Å². The topological polar surface area (TPSA) is 60.2 Å². The van der Waals surface area contributed by atoms with Crippen LogP contribution in [0.5, 0.6) is 5.75 Å². The van der Waals surface area contributed by atoms with Crippen molar-refractivity contribution in [2.75, 3.05) is 19.7 Å². The van der Waals surface area contributed by atoms with Crippen LogP contribution in [0, 0.1) is 0 Å². The number of hydrogen-bond acceptors (Lipinski definition) is 4. The zero-order valence-electron chi connectivity index (χ0n) is 14.4. The number of nitrogens with zero attached hydrogens (tertiary/aromatic N) is 4. The molecule has 1 aliphatic heterocycles. The van der Waals surface area contributed by atoms with Gasteiger partial charge in [-0.3, -0.25) is 9.36 Å². The molecule has 0 spiro atoms. The lowest BCUT2D eigenvalue weighted by molar-refractivity contribution is -0.132. The monoisotopic (exact) mass is 348 g/mol. The zero-order chi connectivity index (χ0) is 17.8. The third-order valence-corrected chi connectivity index (χ3v) is 4.52. The molecular formula is C20H20N4O2. The highest BCUT2D eigenvalue weighted by atomic mass is 16.5. The van der Waals surface area contributed by atoms with E-state index in [-0.39, 0.29) is 12.5 Å². The highest BCUT2D eigenvalue weighted by molar-refractivity contribution is 5.78. The molecule has 6 nitrogen and oxygen atoms in total. The Morgan fingerprint density at radius 2 is 1.73 bits per heavy atom. The van der Waals surface area contributed by atoms with Crippen molar-refractivity contribution < 1.29 is 9.53 Å². The van der Waals surface area contributed by atoms with Crippen molar-refractivity contribution in [1.29, 1.82) is 0 Å². The first kappa shape index (κ1) is 16.3. The summed E-state index contributed by atoms with van der Waals surface area (Å²) in [5.74, 6) is 1.34. The van der Waals surface area contributed by atoms with Gasteiger partial charge in [0.05, 0.1) is 5.56 Å². The van der Waals surface area contributed by atoms with Gasteiger partial charge in [0.1, 0.15) is 12.1 Å². The fourth-order valence-corrected chi connectivity index (χ4v) is 3.17. The van der Waals surface area contributed by atoms with E-state index in [1.165, 1.54) is 0 Å². The van der Waals surface area contributed by atoms with Crippen molar-refractivity contribution in [1.82, 2.24) is 19.7 Å². The van der Waals surface area contributed by atoms with Crippen molar-refractivity contribution in [3.05, 3.63) is 60.9 Å². The summed E-state index contributed by atoms with van der Waals surface area (Å²) in [6.07, 6.45) is 3.82. The smallest absolute Gasteiger partial charge is 0.260 e. The summed E-state index contributed by atoms with van der Waals surface area (Å²) in [4.78, 5) is 14.1. The average molecular weight is 348 g/mol. The highest BCUT2D eigenvalue weighted by Crippen LogP contribution is 2.29. The van der Waals surface area contributed by atoms with Crippen LogP contribution in [0.1, 0.15) is 12.8 Å². The van der Waals surface area contributed by atoms with Gasteiger partial charge in [-0.05, 0) is 37.1 Å². The number of amides is 1. The minimum Gasteiger partial charge on any atom is -0.483 e. The first-order valence-electron chi connectivity index (χ1n) is 8.78. The van der Waals surface area contributed by atoms with Gasteiger partial charge in [0, 0.05) is 18.8 Å². The van der Waals surface area contributed by atoms with Crippen molar-refractivity contribution in [3.8, 4) is 22.8 Å². The molecule has 4 rings (SSSR count). The third kappa shape index (κ3) is 3.31.